The van der Waals surface area contributed by atoms with Crippen molar-refractivity contribution in [1.29, 1.82) is 0 Å². The first-order valence-electron chi connectivity index (χ1n) is 10.7. The molecule has 0 aliphatic heterocycles. The minimum atomic E-state index is -1.54. The Bertz CT molecular complexity index is 1240. The van der Waals surface area contributed by atoms with Crippen LogP contribution < -0.4 is 10.6 Å². The molecule has 3 aromatic rings. The first kappa shape index (κ1) is 23.6. The zero-order chi connectivity index (χ0) is 24.9. The Labute approximate surface area is 199 Å². The molecule has 2 aromatic carbocycles. The molecular weight excluding hydrogens is 456 g/mol. The number of carbonyl (C=O) groups excluding carboxylic acids is 3. The van der Waals surface area contributed by atoms with Crippen molar-refractivity contribution in [2.75, 3.05) is 19.0 Å². The smallest absolute Gasteiger partial charge is 0.411 e. The van der Waals surface area contributed by atoms with E-state index in [1.807, 2.05) is 48.5 Å². The van der Waals surface area contributed by atoms with Crippen LogP contribution in [0.5, 0.6) is 0 Å². The van der Waals surface area contributed by atoms with E-state index in [1.165, 1.54) is 6.07 Å². The van der Waals surface area contributed by atoms with Crippen molar-refractivity contribution in [3.8, 4) is 11.1 Å². The highest BCUT2D eigenvalue weighted by atomic mass is 16.5. The first-order valence-corrected chi connectivity index (χ1v) is 10.7. The van der Waals surface area contributed by atoms with Gasteiger partial charge >= 0.3 is 18.0 Å². The van der Waals surface area contributed by atoms with Gasteiger partial charge in [0.25, 0.3) is 5.91 Å². The van der Waals surface area contributed by atoms with Crippen LogP contribution in [-0.4, -0.2) is 48.8 Å². The third-order valence-corrected chi connectivity index (χ3v) is 5.65. The molecule has 1 aliphatic carbocycles. The van der Waals surface area contributed by atoms with E-state index in [1.54, 1.807) is 0 Å². The number of esters is 1. The van der Waals surface area contributed by atoms with Crippen LogP contribution in [0.3, 0.4) is 0 Å². The molecule has 1 aliphatic rings. The van der Waals surface area contributed by atoms with E-state index in [0.717, 1.165) is 35.6 Å². The predicted molar refractivity (Wildman–Crippen MR) is 123 cm³/mol. The third kappa shape index (κ3) is 5.01. The van der Waals surface area contributed by atoms with Gasteiger partial charge in [0, 0.05) is 12.0 Å². The number of carbonyl (C=O) groups is 4. The topological polar surface area (TPSA) is 144 Å². The fourth-order valence-electron chi connectivity index (χ4n) is 4.00. The number of amides is 2. The summed E-state index contributed by atoms with van der Waals surface area (Å²) in [4.78, 5) is 47.8. The van der Waals surface area contributed by atoms with Crippen molar-refractivity contribution in [3.63, 3.8) is 0 Å². The number of carboxylic acid groups (broad SMARTS) is 1. The van der Waals surface area contributed by atoms with Crippen LogP contribution >= 0.6 is 0 Å². The molecule has 0 bridgehead atoms. The highest BCUT2D eigenvalue weighted by molar-refractivity contribution is 6.02. The molecule has 0 radical (unpaired) electrons. The zero-order valence-electron chi connectivity index (χ0n) is 18.6. The molecular formula is C25H22N2O8. The summed E-state index contributed by atoms with van der Waals surface area (Å²) >= 11 is 0. The fourth-order valence-corrected chi connectivity index (χ4v) is 4.00. The van der Waals surface area contributed by atoms with Gasteiger partial charge in [0.1, 0.15) is 12.6 Å². The normalized spacial score (nSPS) is 12.7. The molecule has 3 N–H and O–H groups in total. The van der Waals surface area contributed by atoms with Crippen LogP contribution in [-0.2, 0) is 19.1 Å². The van der Waals surface area contributed by atoms with Crippen LogP contribution in [0.2, 0.25) is 0 Å². The minimum Gasteiger partial charge on any atom is -0.480 e. The lowest BCUT2D eigenvalue weighted by Gasteiger charge is -2.15. The Balaban J connectivity index is 1.41. The zero-order valence-corrected chi connectivity index (χ0v) is 18.6. The number of ether oxygens (including phenoxy) is 2. The Kier molecular flexibility index (Phi) is 6.81. The van der Waals surface area contributed by atoms with Crippen LogP contribution in [0.15, 0.2) is 65.3 Å². The number of benzene rings is 2. The predicted octanol–water partition coefficient (Wildman–Crippen LogP) is 3.39. The van der Waals surface area contributed by atoms with Crippen molar-refractivity contribution in [2.45, 2.75) is 18.4 Å². The molecule has 1 aromatic heterocycles. The molecule has 10 heteroatoms. The summed E-state index contributed by atoms with van der Waals surface area (Å²) in [5, 5.41) is 13.9. The van der Waals surface area contributed by atoms with E-state index in [0.29, 0.717) is 0 Å². The molecule has 1 atom stereocenters. The van der Waals surface area contributed by atoms with Gasteiger partial charge in [-0.1, -0.05) is 48.5 Å². The van der Waals surface area contributed by atoms with Gasteiger partial charge in [-0.2, -0.15) is 0 Å². The van der Waals surface area contributed by atoms with Crippen LogP contribution in [0.25, 0.3) is 11.1 Å². The van der Waals surface area contributed by atoms with Crippen LogP contribution in [0.1, 0.15) is 34.0 Å². The van der Waals surface area contributed by atoms with Crippen molar-refractivity contribution in [3.05, 3.63) is 77.7 Å². The van der Waals surface area contributed by atoms with Gasteiger partial charge in [-0.05, 0) is 22.3 Å². The maximum absolute atomic E-state index is 12.5. The second-order valence-electron chi connectivity index (χ2n) is 7.76. The second kappa shape index (κ2) is 10.1. The minimum absolute atomic E-state index is 0.0121. The molecule has 0 fully saturated rings. The van der Waals surface area contributed by atoms with E-state index in [-0.39, 0.29) is 24.0 Å². The first-order chi connectivity index (χ1) is 16.9. The van der Waals surface area contributed by atoms with Crippen molar-refractivity contribution >= 4 is 29.6 Å². The Morgan fingerprint density at radius 2 is 1.63 bits per heavy atom. The van der Waals surface area contributed by atoms with Crippen LogP contribution in [0, 0.1) is 0 Å². The Morgan fingerprint density at radius 1 is 1.00 bits per heavy atom. The number of fused-ring (bicyclic) bond motifs is 3. The van der Waals surface area contributed by atoms with Gasteiger partial charge in [-0.15, -0.1) is 0 Å². The van der Waals surface area contributed by atoms with Crippen molar-refractivity contribution in [2.24, 2.45) is 0 Å². The number of methoxy groups -OCH3 is 1. The summed E-state index contributed by atoms with van der Waals surface area (Å²) in [5.41, 5.74) is 4.27. The molecule has 0 saturated heterocycles. The Morgan fingerprint density at radius 3 is 2.23 bits per heavy atom. The average Bonchev–Trinajstić information content (AvgIpc) is 3.44. The van der Waals surface area contributed by atoms with Gasteiger partial charge < -0.3 is 24.3 Å². The molecule has 2 amide bonds. The monoisotopic (exact) mass is 478 g/mol. The van der Waals surface area contributed by atoms with Gasteiger partial charge in [-0.3, -0.25) is 14.9 Å². The number of furan rings is 1. The highest BCUT2D eigenvalue weighted by Gasteiger charge is 2.30. The van der Waals surface area contributed by atoms with Gasteiger partial charge in [-0.25, -0.2) is 9.59 Å². The summed E-state index contributed by atoms with van der Waals surface area (Å²) < 4.78 is 15.0. The Hall–Kier alpha value is -4.60. The number of anilines is 1. The molecule has 180 valence electrons. The van der Waals surface area contributed by atoms with E-state index >= 15 is 0 Å². The third-order valence-electron chi connectivity index (χ3n) is 5.65. The quantitative estimate of drug-likeness (QED) is 0.418. The second-order valence-corrected chi connectivity index (χ2v) is 7.76. The molecule has 0 saturated carbocycles. The number of nitrogens with one attached hydrogen (secondary N) is 2. The molecule has 0 spiro atoms. The van der Waals surface area contributed by atoms with E-state index in [4.69, 9.17) is 9.15 Å². The SMILES string of the molecule is COC(=O)C[C@@H](NC(=O)c1occc1NC(=O)OCC1c2ccccc2-c2ccccc21)C(=O)O. The highest BCUT2D eigenvalue weighted by Crippen LogP contribution is 2.44. The number of carboxylic acids is 1. The van der Waals surface area contributed by atoms with Gasteiger partial charge in [0.2, 0.25) is 5.76 Å². The lowest BCUT2D eigenvalue weighted by Crippen LogP contribution is -2.42. The number of rotatable bonds is 8. The standard InChI is InChI=1S/C25H22N2O8/c1-33-21(28)12-20(24(30)31)26-23(29)22-19(10-11-34-22)27-25(32)35-13-18-16-8-4-2-6-14(16)15-7-3-5-9-17(15)18/h2-11,18,20H,12-13H2,1H3,(H,26,29)(H,27,32)(H,30,31)/t20-/m1/s1. The van der Waals surface area contributed by atoms with Crippen LogP contribution in [0.4, 0.5) is 10.5 Å². The maximum atomic E-state index is 12.5. The summed E-state index contributed by atoms with van der Waals surface area (Å²) in [6, 6.07) is 15.6. The molecule has 10 nitrogen and oxygen atoms in total. The van der Waals surface area contributed by atoms with Gasteiger partial charge in [0.15, 0.2) is 0 Å². The summed E-state index contributed by atoms with van der Waals surface area (Å²) in [5.74, 6) is -3.65. The van der Waals surface area contributed by atoms with Crippen molar-refractivity contribution < 1.29 is 38.2 Å². The van der Waals surface area contributed by atoms with E-state index in [9.17, 15) is 24.3 Å². The fraction of sp³-hybridized carbons (Fsp3) is 0.200. The number of hydrogen-bond acceptors (Lipinski definition) is 7. The van der Waals surface area contributed by atoms with E-state index < -0.39 is 36.4 Å². The summed E-state index contributed by atoms with van der Waals surface area (Å²) in [6.45, 7) is 0.0689. The largest absolute Gasteiger partial charge is 0.480 e. The maximum Gasteiger partial charge on any atom is 0.411 e. The summed E-state index contributed by atoms with van der Waals surface area (Å²) in [6.07, 6.45) is -0.232. The van der Waals surface area contributed by atoms with Gasteiger partial charge in [0.05, 0.1) is 25.5 Å². The average molecular weight is 478 g/mol. The van der Waals surface area contributed by atoms with E-state index in [2.05, 4.69) is 15.4 Å². The lowest BCUT2D eigenvalue weighted by molar-refractivity contribution is -0.147. The molecule has 0 unspecified atom stereocenters. The number of aliphatic carboxylic acids is 1. The molecule has 35 heavy (non-hydrogen) atoms. The lowest BCUT2D eigenvalue weighted by atomic mass is 9.98. The summed E-state index contributed by atoms with van der Waals surface area (Å²) in [7, 11) is 1.10. The molecule has 1 heterocycles. The molecule has 4 rings (SSSR count). The number of hydrogen-bond donors (Lipinski definition) is 3. The van der Waals surface area contributed by atoms with Crippen molar-refractivity contribution in [1.82, 2.24) is 5.32 Å².